The summed E-state index contributed by atoms with van der Waals surface area (Å²) in [5.74, 6) is 0. The van der Waals surface area contributed by atoms with E-state index in [1.807, 2.05) is 29.2 Å². The molecule has 0 spiro atoms. The van der Waals surface area contributed by atoms with Gasteiger partial charge >= 0.3 is 6.09 Å². The topological polar surface area (TPSA) is 41.9 Å². The summed E-state index contributed by atoms with van der Waals surface area (Å²) in [6, 6.07) is 7.53. The highest BCUT2D eigenvalue weighted by molar-refractivity contribution is 8.15. The minimum Gasteiger partial charge on any atom is -0.448 e. The molecule has 1 aliphatic heterocycles. The number of carbonyl (C=O) groups excluding carboxylic acids is 1. The zero-order valence-corrected chi connectivity index (χ0v) is 12.4. The van der Waals surface area contributed by atoms with Crippen molar-refractivity contribution >= 4 is 40.3 Å². The van der Waals surface area contributed by atoms with Gasteiger partial charge < -0.3 is 9.64 Å². The highest BCUT2D eigenvalue weighted by Crippen LogP contribution is 2.34. The second-order valence-electron chi connectivity index (χ2n) is 4.08. The first-order chi connectivity index (χ1) is 9.11. The molecule has 0 N–H and O–H groups in total. The van der Waals surface area contributed by atoms with Crippen molar-refractivity contribution in [1.29, 1.82) is 0 Å². The number of rotatable bonds is 2. The maximum absolute atomic E-state index is 11.5. The molecule has 2 rings (SSSR count). The van der Waals surface area contributed by atoms with Gasteiger partial charge in [-0.2, -0.15) is 4.99 Å². The molecule has 6 heteroatoms. The predicted molar refractivity (Wildman–Crippen MR) is 80.3 cm³/mol. The summed E-state index contributed by atoms with van der Waals surface area (Å²) in [7, 11) is 0. The number of aliphatic imine (C=N–C) groups is 1. The first-order valence-corrected chi connectivity index (χ1v) is 7.31. The van der Waals surface area contributed by atoms with Gasteiger partial charge in [-0.1, -0.05) is 42.4 Å². The van der Waals surface area contributed by atoms with Gasteiger partial charge in [0.25, 0.3) is 0 Å². The van der Waals surface area contributed by atoms with Gasteiger partial charge in [-0.25, -0.2) is 4.79 Å². The maximum Gasteiger partial charge on any atom is 0.436 e. The molecule has 1 fully saturated rings. The van der Waals surface area contributed by atoms with Crippen LogP contribution in [0.15, 0.2) is 29.3 Å². The Morgan fingerprint density at radius 3 is 3.00 bits per heavy atom. The molecule has 1 aromatic carbocycles. The zero-order chi connectivity index (χ0) is 13.8. The molecule has 0 radical (unpaired) electrons. The van der Waals surface area contributed by atoms with E-state index >= 15 is 0 Å². The monoisotopic (exact) mass is 298 g/mol. The van der Waals surface area contributed by atoms with Crippen molar-refractivity contribution in [2.24, 2.45) is 4.99 Å². The summed E-state index contributed by atoms with van der Waals surface area (Å²) < 4.78 is 4.85. The molecule has 1 unspecified atom stereocenters. The van der Waals surface area contributed by atoms with E-state index < -0.39 is 6.09 Å². The van der Waals surface area contributed by atoms with Gasteiger partial charge in [0.1, 0.15) is 0 Å². The molecule has 1 amide bonds. The van der Waals surface area contributed by atoms with Crippen LogP contribution >= 0.6 is 23.4 Å². The quantitative estimate of drug-likeness (QED) is 0.833. The van der Waals surface area contributed by atoms with E-state index in [4.69, 9.17) is 16.3 Å². The van der Waals surface area contributed by atoms with Gasteiger partial charge in [0.05, 0.1) is 17.3 Å². The summed E-state index contributed by atoms with van der Waals surface area (Å²) in [6.07, 6.45) is -0.559. The second-order valence-corrected chi connectivity index (χ2v) is 5.90. The normalized spacial score (nSPS) is 20.9. The van der Waals surface area contributed by atoms with Crippen molar-refractivity contribution in [3.8, 4) is 0 Å². The maximum atomic E-state index is 11.5. The third-order valence-electron chi connectivity index (χ3n) is 2.58. The summed E-state index contributed by atoms with van der Waals surface area (Å²) in [5, 5.41) is 1.64. The Morgan fingerprint density at radius 2 is 2.32 bits per heavy atom. The van der Waals surface area contributed by atoms with E-state index in [9.17, 15) is 4.79 Å². The minimum absolute atomic E-state index is 0.321. The van der Waals surface area contributed by atoms with Crippen LogP contribution in [0.4, 0.5) is 10.5 Å². The standard InChI is InChI=1S/C13H15ClN2O2S/c1-3-18-13(17)15-12-16(8-9(2)19-12)11-7-5-4-6-10(11)14/h4-7,9H,3,8H2,1-2H3. The van der Waals surface area contributed by atoms with Crippen LogP contribution in [-0.2, 0) is 4.74 Å². The Morgan fingerprint density at radius 1 is 1.58 bits per heavy atom. The smallest absolute Gasteiger partial charge is 0.436 e. The Bertz CT molecular complexity index is 507. The fourth-order valence-electron chi connectivity index (χ4n) is 1.81. The van der Waals surface area contributed by atoms with Crippen LogP contribution in [0.25, 0.3) is 0 Å². The number of benzene rings is 1. The highest BCUT2D eigenvalue weighted by atomic mass is 35.5. The lowest BCUT2D eigenvalue weighted by Gasteiger charge is -2.19. The average molecular weight is 299 g/mol. The van der Waals surface area contributed by atoms with E-state index in [0.29, 0.717) is 22.0 Å². The van der Waals surface area contributed by atoms with Crippen LogP contribution in [0, 0.1) is 0 Å². The minimum atomic E-state index is -0.559. The molecule has 1 aromatic rings. The third-order valence-corrected chi connectivity index (χ3v) is 3.97. The number of carbonyl (C=O) groups is 1. The number of ether oxygens (including phenoxy) is 1. The Kier molecular flexibility index (Phi) is 4.71. The number of nitrogens with zero attached hydrogens (tertiary/aromatic N) is 2. The van der Waals surface area contributed by atoms with Crippen molar-refractivity contribution in [1.82, 2.24) is 0 Å². The molecule has 1 heterocycles. The molecule has 102 valence electrons. The van der Waals surface area contributed by atoms with Crippen LogP contribution in [0.1, 0.15) is 13.8 Å². The molecule has 0 bridgehead atoms. The summed E-state index contributed by atoms with van der Waals surface area (Å²) in [5.41, 5.74) is 0.865. The third kappa shape index (κ3) is 3.42. The van der Waals surface area contributed by atoms with Gasteiger partial charge in [-0.05, 0) is 19.1 Å². The second kappa shape index (κ2) is 6.30. The fourth-order valence-corrected chi connectivity index (χ4v) is 3.06. The molecule has 19 heavy (non-hydrogen) atoms. The Balaban J connectivity index is 2.28. The van der Waals surface area contributed by atoms with E-state index in [-0.39, 0.29) is 0 Å². The number of amidine groups is 1. The van der Waals surface area contributed by atoms with Gasteiger partial charge in [0.2, 0.25) is 0 Å². The van der Waals surface area contributed by atoms with E-state index in [1.165, 1.54) is 0 Å². The van der Waals surface area contributed by atoms with Crippen molar-refractivity contribution in [2.45, 2.75) is 19.1 Å². The van der Waals surface area contributed by atoms with Gasteiger partial charge in [-0.3, -0.25) is 0 Å². The van der Waals surface area contributed by atoms with Crippen molar-refractivity contribution in [3.63, 3.8) is 0 Å². The molecule has 0 saturated carbocycles. The van der Waals surface area contributed by atoms with Crippen molar-refractivity contribution < 1.29 is 9.53 Å². The van der Waals surface area contributed by atoms with Gasteiger partial charge in [0, 0.05) is 11.8 Å². The Hall–Kier alpha value is -1.20. The number of para-hydroxylation sites is 1. The highest BCUT2D eigenvalue weighted by Gasteiger charge is 2.29. The van der Waals surface area contributed by atoms with E-state index in [1.54, 1.807) is 18.7 Å². The summed E-state index contributed by atoms with van der Waals surface area (Å²) in [4.78, 5) is 17.4. The number of hydrogen-bond donors (Lipinski definition) is 0. The number of anilines is 1. The van der Waals surface area contributed by atoms with Crippen molar-refractivity contribution in [3.05, 3.63) is 29.3 Å². The number of thioether (sulfide) groups is 1. The molecule has 0 aliphatic carbocycles. The lowest BCUT2D eigenvalue weighted by Crippen LogP contribution is -2.26. The molecular weight excluding hydrogens is 284 g/mol. The first kappa shape index (κ1) is 14.2. The van der Waals surface area contributed by atoms with Crippen LogP contribution in [-0.4, -0.2) is 29.7 Å². The molecule has 4 nitrogen and oxygen atoms in total. The number of hydrogen-bond acceptors (Lipinski definition) is 3. The average Bonchev–Trinajstić information content (AvgIpc) is 2.71. The van der Waals surface area contributed by atoms with Crippen molar-refractivity contribution in [2.75, 3.05) is 18.1 Å². The lowest BCUT2D eigenvalue weighted by molar-refractivity contribution is 0.163. The van der Waals surface area contributed by atoms with E-state index in [2.05, 4.69) is 11.9 Å². The molecule has 1 saturated heterocycles. The van der Waals surface area contributed by atoms with Gasteiger partial charge in [-0.15, -0.1) is 0 Å². The molecular formula is C13H15ClN2O2S. The molecule has 0 aromatic heterocycles. The lowest BCUT2D eigenvalue weighted by atomic mass is 10.3. The van der Waals surface area contributed by atoms with E-state index in [0.717, 1.165) is 12.2 Å². The largest absolute Gasteiger partial charge is 0.448 e. The first-order valence-electron chi connectivity index (χ1n) is 6.06. The number of halogens is 1. The zero-order valence-electron chi connectivity index (χ0n) is 10.8. The van der Waals surface area contributed by atoms with Crippen LogP contribution in [0.2, 0.25) is 5.02 Å². The number of amides is 1. The van der Waals surface area contributed by atoms with Crippen LogP contribution in [0.3, 0.4) is 0 Å². The fraction of sp³-hybridized carbons (Fsp3) is 0.385. The Labute approximate surface area is 121 Å². The van der Waals surface area contributed by atoms with Crippen LogP contribution < -0.4 is 4.90 Å². The SMILES string of the molecule is CCOC(=O)N=C1SC(C)CN1c1ccccc1Cl. The molecule has 1 aliphatic rings. The molecule has 1 atom stereocenters. The summed E-state index contributed by atoms with van der Waals surface area (Å²) >= 11 is 7.74. The van der Waals surface area contributed by atoms with Crippen LogP contribution in [0.5, 0.6) is 0 Å². The van der Waals surface area contributed by atoms with Gasteiger partial charge in [0.15, 0.2) is 5.17 Å². The summed E-state index contributed by atoms with van der Waals surface area (Å²) in [6.45, 7) is 4.94. The predicted octanol–water partition coefficient (Wildman–Crippen LogP) is 3.79.